The Bertz CT molecular complexity index is 1250. The van der Waals surface area contributed by atoms with Crippen molar-refractivity contribution in [1.82, 2.24) is 15.0 Å². The first-order valence-electron chi connectivity index (χ1n) is 8.72. The van der Waals surface area contributed by atoms with Gasteiger partial charge in [0.25, 0.3) is 11.5 Å². The number of amides is 1. The number of nitrogens with zero attached hydrogens (tertiary/aromatic N) is 3. The number of carbonyl (C=O) groups is 1. The van der Waals surface area contributed by atoms with Gasteiger partial charge in [0.15, 0.2) is 0 Å². The smallest absolute Gasteiger partial charge is 0.262 e. The fraction of sp³-hybridized carbons (Fsp3) is 0.0476. The van der Waals surface area contributed by atoms with E-state index in [1.54, 1.807) is 24.3 Å². The average Bonchev–Trinajstić information content (AvgIpc) is 3.18. The summed E-state index contributed by atoms with van der Waals surface area (Å²) in [5.74, 6) is -0.419. The number of nitrogens with one attached hydrogen (secondary N) is 1. The largest absolute Gasteiger partial charge is 0.289 e. The molecule has 29 heavy (non-hydrogen) atoms. The predicted octanol–water partition coefficient (Wildman–Crippen LogP) is 3.93. The zero-order chi connectivity index (χ0) is 20.2. The number of carbonyl (C=O) groups excluding carboxylic acids is 1. The SMILES string of the molecule is O=C(Cn1cnc2sc(-c3ccccc3)cc2c1=O)N/N=C\c1ccc(Cl)cc1. The fourth-order valence-corrected chi connectivity index (χ4v) is 3.86. The van der Waals surface area contributed by atoms with Gasteiger partial charge < -0.3 is 0 Å². The third kappa shape index (κ3) is 4.42. The van der Waals surface area contributed by atoms with Crippen molar-refractivity contribution in [2.45, 2.75) is 6.54 Å². The van der Waals surface area contributed by atoms with Crippen LogP contribution < -0.4 is 11.0 Å². The van der Waals surface area contributed by atoms with Crippen LogP contribution in [0.25, 0.3) is 20.7 Å². The molecule has 0 atom stereocenters. The van der Waals surface area contributed by atoms with Gasteiger partial charge in [0.05, 0.1) is 17.9 Å². The van der Waals surface area contributed by atoms with Crippen molar-refractivity contribution in [1.29, 1.82) is 0 Å². The number of aromatic nitrogens is 2. The summed E-state index contributed by atoms with van der Waals surface area (Å²) < 4.78 is 1.27. The van der Waals surface area contributed by atoms with E-state index in [1.165, 1.54) is 28.4 Å². The second-order valence-electron chi connectivity index (χ2n) is 6.22. The zero-order valence-electron chi connectivity index (χ0n) is 15.1. The summed E-state index contributed by atoms with van der Waals surface area (Å²) in [6.07, 6.45) is 2.89. The van der Waals surface area contributed by atoms with E-state index in [0.717, 1.165) is 16.0 Å². The van der Waals surface area contributed by atoms with Gasteiger partial charge in [0.1, 0.15) is 11.4 Å². The van der Waals surface area contributed by atoms with Gasteiger partial charge in [0.2, 0.25) is 0 Å². The quantitative estimate of drug-likeness (QED) is 0.391. The van der Waals surface area contributed by atoms with Crippen LogP contribution >= 0.6 is 22.9 Å². The van der Waals surface area contributed by atoms with Gasteiger partial charge in [-0.1, -0.05) is 54.1 Å². The third-order valence-corrected chi connectivity index (χ3v) is 5.51. The number of hydrazone groups is 1. The zero-order valence-corrected chi connectivity index (χ0v) is 16.7. The number of fused-ring (bicyclic) bond motifs is 1. The molecule has 144 valence electrons. The number of benzene rings is 2. The lowest BCUT2D eigenvalue weighted by Crippen LogP contribution is -2.29. The molecule has 2 heterocycles. The minimum atomic E-state index is -0.419. The second-order valence-corrected chi connectivity index (χ2v) is 7.68. The predicted molar refractivity (Wildman–Crippen MR) is 117 cm³/mol. The van der Waals surface area contributed by atoms with Crippen LogP contribution in [0, 0.1) is 0 Å². The van der Waals surface area contributed by atoms with Crippen molar-refractivity contribution in [3.63, 3.8) is 0 Å². The molecule has 0 spiro atoms. The molecule has 0 aliphatic heterocycles. The van der Waals surface area contributed by atoms with E-state index in [0.29, 0.717) is 15.2 Å². The van der Waals surface area contributed by atoms with Crippen LogP contribution in [0.2, 0.25) is 5.02 Å². The van der Waals surface area contributed by atoms with Crippen LogP contribution in [0.5, 0.6) is 0 Å². The highest BCUT2D eigenvalue weighted by Gasteiger charge is 2.12. The Morgan fingerprint density at radius 3 is 2.69 bits per heavy atom. The number of thiophene rings is 1. The molecule has 4 rings (SSSR count). The first-order chi connectivity index (χ1) is 14.1. The van der Waals surface area contributed by atoms with Crippen molar-refractivity contribution < 1.29 is 4.79 Å². The van der Waals surface area contributed by atoms with Gasteiger partial charge in [-0.15, -0.1) is 11.3 Å². The summed E-state index contributed by atoms with van der Waals surface area (Å²) in [5, 5.41) is 5.02. The molecule has 0 unspecified atom stereocenters. The van der Waals surface area contributed by atoms with Crippen LogP contribution in [0.3, 0.4) is 0 Å². The molecule has 0 saturated heterocycles. The van der Waals surface area contributed by atoms with E-state index in [2.05, 4.69) is 15.5 Å². The summed E-state index contributed by atoms with van der Waals surface area (Å²) >= 11 is 7.27. The number of hydrogen-bond donors (Lipinski definition) is 1. The summed E-state index contributed by atoms with van der Waals surface area (Å²) in [6, 6.07) is 18.6. The maximum Gasteiger partial charge on any atom is 0.262 e. The van der Waals surface area contributed by atoms with Crippen LogP contribution in [0.1, 0.15) is 5.56 Å². The normalized spacial score (nSPS) is 11.2. The highest BCUT2D eigenvalue weighted by atomic mass is 35.5. The van der Waals surface area contributed by atoms with Crippen molar-refractivity contribution >= 4 is 45.3 Å². The highest BCUT2D eigenvalue weighted by molar-refractivity contribution is 7.21. The van der Waals surface area contributed by atoms with E-state index < -0.39 is 5.91 Å². The Labute approximate surface area is 175 Å². The molecule has 1 amide bonds. The minimum absolute atomic E-state index is 0.170. The molecule has 1 N–H and O–H groups in total. The van der Waals surface area contributed by atoms with Crippen molar-refractivity contribution in [3.05, 3.63) is 87.9 Å². The molecule has 4 aromatic rings. The molecule has 2 aromatic carbocycles. The molecule has 0 aliphatic carbocycles. The van der Waals surface area contributed by atoms with Crippen LogP contribution in [0.15, 0.2) is 76.9 Å². The standard InChI is InChI=1S/C21H15ClN4O2S/c22-16-8-6-14(7-9-16)11-24-25-19(27)12-26-13-23-20-17(21(26)28)10-18(29-20)15-4-2-1-3-5-15/h1-11,13H,12H2,(H,25,27)/b24-11-. The van der Waals surface area contributed by atoms with E-state index in [-0.39, 0.29) is 12.1 Å². The molecule has 0 radical (unpaired) electrons. The van der Waals surface area contributed by atoms with Gasteiger partial charge >= 0.3 is 0 Å². The average molecular weight is 423 g/mol. The summed E-state index contributed by atoms with van der Waals surface area (Å²) in [5.41, 5.74) is 3.97. The lowest BCUT2D eigenvalue weighted by Gasteiger charge is -2.03. The number of halogens is 1. The molecular weight excluding hydrogens is 408 g/mol. The summed E-state index contributed by atoms with van der Waals surface area (Å²) in [4.78, 5) is 30.8. The molecule has 0 fully saturated rings. The molecule has 0 saturated carbocycles. The lowest BCUT2D eigenvalue weighted by molar-refractivity contribution is -0.121. The Hall–Kier alpha value is -3.29. The highest BCUT2D eigenvalue weighted by Crippen LogP contribution is 2.30. The lowest BCUT2D eigenvalue weighted by atomic mass is 10.2. The van der Waals surface area contributed by atoms with E-state index in [4.69, 9.17) is 11.6 Å². The molecule has 2 aromatic heterocycles. The van der Waals surface area contributed by atoms with Gasteiger partial charge in [0, 0.05) is 9.90 Å². The Morgan fingerprint density at radius 1 is 1.17 bits per heavy atom. The number of rotatable bonds is 5. The fourth-order valence-electron chi connectivity index (χ4n) is 2.73. The van der Waals surface area contributed by atoms with E-state index >= 15 is 0 Å². The van der Waals surface area contributed by atoms with E-state index in [9.17, 15) is 9.59 Å². The topological polar surface area (TPSA) is 76.3 Å². The van der Waals surface area contributed by atoms with Crippen molar-refractivity contribution in [2.24, 2.45) is 5.10 Å². The Balaban J connectivity index is 1.49. The Kier molecular flexibility index (Phi) is 5.50. The summed E-state index contributed by atoms with van der Waals surface area (Å²) in [6.45, 7) is -0.170. The van der Waals surface area contributed by atoms with Gasteiger partial charge in [-0.3, -0.25) is 14.2 Å². The third-order valence-electron chi connectivity index (χ3n) is 4.16. The van der Waals surface area contributed by atoms with E-state index in [1.807, 2.05) is 36.4 Å². The van der Waals surface area contributed by atoms with Crippen LogP contribution in [-0.4, -0.2) is 21.7 Å². The monoisotopic (exact) mass is 422 g/mol. The first kappa shape index (κ1) is 19.0. The second kappa shape index (κ2) is 8.38. The maximum atomic E-state index is 12.7. The molecule has 0 bridgehead atoms. The first-order valence-corrected chi connectivity index (χ1v) is 9.91. The minimum Gasteiger partial charge on any atom is -0.289 e. The van der Waals surface area contributed by atoms with Gasteiger partial charge in [-0.2, -0.15) is 5.10 Å². The molecular formula is C21H15ClN4O2S. The molecule has 8 heteroatoms. The maximum absolute atomic E-state index is 12.7. The summed E-state index contributed by atoms with van der Waals surface area (Å²) in [7, 11) is 0. The number of hydrogen-bond acceptors (Lipinski definition) is 5. The molecule has 0 aliphatic rings. The van der Waals surface area contributed by atoms with Crippen molar-refractivity contribution in [3.8, 4) is 10.4 Å². The molecule has 6 nitrogen and oxygen atoms in total. The van der Waals surface area contributed by atoms with Crippen LogP contribution in [-0.2, 0) is 11.3 Å². The van der Waals surface area contributed by atoms with Gasteiger partial charge in [-0.25, -0.2) is 10.4 Å². The van der Waals surface area contributed by atoms with Crippen molar-refractivity contribution in [2.75, 3.05) is 0 Å². The van der Waals surface area contributed by atoms with Crippen LogP contribution in [0.4, 0.5) is 0 Å². The Morgan fingerprint density at radius 2 is 1.93 bits per heavy atom. The van der Waals surface area contributed by atoms with Gasteiger partial charge in [-0.05, 0) is 29.3 Å².